The molecule has 0 saturated heterocycles. The number of aromatic nitrogens is 1. The van der Waals surface area contributed by atoms with Crippen molar-refractivity contribution in [2.45, 2.75) is 32.5 Å². The van der Waals surface area contributed by atoms with Crippen molar-refractivity contribution in [2.24, 2.45) is 0 Å². The van der Waals surface area contributed by atoms with Crippen LogP contribution in [0.4, 0.5) is 5.69 Å². The van der Waals surface area contributed by atoms with Gasteiger partial charge in [-0.05, 0) is 45.0 Å². The number of aliphatic hydroxyl groups is 1. The van der Waals surface area contributed by atoms with Crippen molar-refractivity contribution in [3.8, 4) is 0 Å². The minimum Gasteiger partial charge on any atom is -0.389 e. The number of hydrogen-bond donors (Lipinski definition) is 2. The average Bonchev–Trinajstić information content (AvgIpc) is 2.44. The van der Waals surface area contributed by atoms with Crippen LogP contribution in [0.1, 0.15) is 20.8 Å². The van der Waals surface area contributed by atoms with Crippen LogP contribution in [0.2, 0.25) is 5.02 Å². The van der Waals surface area contributed by atoms with E-state index in [-0.39, 0.29) is 12.2 Å². The lowest BCUT2D eigenvalue weighted by Crippen LogP contribution is -2.30. The summed E-state index contributed by atoms with van der Waals surface area (Å²) in [5, 5.41) is 14.7. The summed E-state index contributed by atoms with van der Waals surface area (Å²) in [6.45, 7) is 6.57. The molecular formula is C16H21ClN2O2. The van der Waals surface area contributed by atoms with Crippen LogP contribution in [0, 0.1) is 0 Å². The van der Waals surface area contributed by atoms with Crippen LogP contribution in [0.15, 0.2) is 30.5 Å². The summed E-state index contributed by atoms with van der Waals surface area (Å²) in [6.07, 6.45) is 1.14. The van der Waals surface area contributed by atoms with Crippen molar-refractivity contribution < 1.29 is 9.84 Å². The number of fused-ring (bicyclic) bond motifs is 1. The fraction of sp³-hybridized carbons (Fsp3) is 0.438. The summed E-state index contributed by atoms with van der Waals surface area (Å²) in [5.41, 5.74) is 1.40. The molecule has 1 unspecified atom stereocenters. The van der Waals surface area contributed by atoms with Crippen molar-refractivity contribution in [2.75, 3.05) is 18.5 Å². The predicted octanol–water partition coefficient (Wildman–Crippen LogP) is 3.48. The van der Waals surface area contributed by atoms with Gasteiger partial charge in [0.2, 0.25) is 0 Å². The molecule has 0 aliphatic carbocycles. The van der Waals surface area contributed by atoms with Crippen molar-refractivity contribution in [1.29, 1.82) is 0 Å². The Morgan fingerprint density at radius 1 is 1.33 bits per heavy atom. The van der Waals surface area contributed by atoms with Crippen molar-refractivity contribution in [3.05, 3.63) is 35.5 Å². The van der Waals surface area contributed by atoms with Gasteiger partial charge in [0.15, 0.2) is 0 Å². The molecule has 1 heterocycles. The van der Waals surface area contributed by atoms with Gasteiger partial charge in [0.25, 0.3) is 0 Å². The quantitative estimate of drug-likeness (QED) is 0.888. The molecule has 0 fully saturated rings. The van der Waals surface area contributed by atoms with E-state index in [2.05, 4.69) is 10.3 Å². The topological polar surface area (TPSA) is 54.4 Å². The molecule has 4 nitrogen and oxygen atoms in total. The number of benzene rings is 1. The van der Waals surface area contributed by atoms with Gasteiger partial charge >= 0.3 is 0 Å². The van der Waals surface area contributed by atoms with E-state index in [1.165, 1.54) is 0 Å². The van der Waals surface area contributed by atoms with E-state index in [9.17, 15) is 5.11 Å². The molecule has 0 aliphatic heterocycles. The van der Waals surface area contributed by atoms with Gasteiger partial charge in [-0.3, -0.25) is 4.98 Å². The van der Waals surface area contributed by atoms with Gasteiger partial charge in [0.1, 0.15) is 0 Å². The number of halogens is 1. The van der Waals surface area contributed by atoms with Gasteiger partial charge in [-0.2, -0.15) is 0 Å². The van der Waals surface area contributed by atoms with Crippen LogP contribution in [0.25, 0.3) is 10.9 Å². The maximum atomic E-state index is 9.97. The molecule has 1 atom stereocenters. The zero-order valence-corrected chi connectivity index (χ0v) is 13.3. The van der Waals surface area contributed by atoms with E-state index < -0.39 is 6.10 Å². The molecule has 0 amide bonds. The Kier molecular flexibility index (Phi) is 5.04. The van der Waals surface area contributed by atoms with E-state index in [0.29, 0.717) is 11.6 Å². The summed E-state index contributed by atoms with van der Waals surface area (Å²) < 4.78 is 5.56. The van der Waals surface area contributed by atoms with Crippen molar-refractivity contribution in [3.63, 3.8) is 0 Å². The molecule has 2 rings (SSSR count). The van der Waals surface area contributed by atoms with Crippen molar-refractivity contribution in [1.82, 2.24) is 4.98 Å². The average molecular weight is 309 g/mol. The molecule has 114 valence electrons. The first-order valence-corrected chi connectivity index (χ1v) is 7.34. The Morgan fingerprint density at radius 2 is 2.10 bits per heavy atom. The number of aliphatic hydroxyl groups excluding tert-OH is 1. The third-order valence-corrected chi connectivity index (χ3v) is 3.28. The minimum atomic E-state index is -0.585. The lowest BCUT2D eigenvalue weighted by atomic mass is 10.2. The SMILES string of the molecule is CC(C)(C)OCC(O)CNc1ccc(Cl)c2cccnc12. The van der Waals surface area contributed by atoms with Crippen LogP contribution in [0.5, 0.6) is 0 Å². The monoisotopic (exact) mass is 308 g/mol. The first-order valence-electron chi connectivity index (χ1n) is 6.96. The second-order valence-corrected chi connectivity index (χ2v) is 6.36. The number of rotatable bonds is 5. The van der Waals surface area contributed by atoms with Gasteiger partial charge in [-0.1, -0.05) is 11.6 Å². The van der Waals surface area contributed by atoms with Gasteiger partial charge in [0.05, 0.1) is 34.5 Å². The van der Waals surface area contributed by atoms with Crippen LogP contribution < -0.4 is 5.32 Å². The molecule has 0 spiro atoms. The first-order chi connectivity index (χ1) is 9.87. The third-order valence-electron chi connectivity index (χ3n) is 2.95. The van der Waals surface area contributed by atoms with Gasteiger partial charge < -0.3 is 15.2 Å². The number of ether oxygens (including phenoxy) is 1. The molecule has 0 bridgehead atoms. The molecule has 21 heavy (non-hydrogen) atoms. The number of nitrogens with one attached hydrogen (secondary N) is 1. The highest BCUT2D eigenvalue weighted by Gasteiger charge is 2.14. The number of nitrogens with zero attached hydrogens (tertiary/aromatic N) is 1. The van der Waals surface area contributed by atoms with E-state index in [1.807, 2.05) is 45.0 Å². The fourth-order valence-corrected chi connectivity index (χ4v) is 2.13. The van der Waals surface area contributed by atoms with Crippen LogP contribution in [0.3, 0.4) is 0 Å². The minimum absolute atomic E-state index is 0.254. The molecule has 1 aromatic heterocycles. The fourth-order valence-electron chi connectivity index (χ4n) is 1.91. The molecule has 1 aromatic carbocycles. The highest BCUT2D eigenvalue weighted by Crippen LogP contribution is 2.27. The molecular weight excluding hydrogens is 288 g/mol. The Morgan fingerprint density at radius 3 is 2.81 bits per heavy atom. The summed E-state index contributed by atoms with van der Waals surface area (Å²) in [6, 6.07) is 7.47. The van der Waals surface area contributed by atoms with E-state index in [4.69, 9.17) is 16.3 Å². The number of anilines is 1. The zero-order valence-electron chi connectivity index (χ0n) is 12.6. The lowest BCUT2D eigenvalue weighted by molar-refractivity contribution is -0.0449. The summed E-state index contributed by atoms with van der Waals surface area (Å²) in [7, 11) is 0. The van der Waals surface area contributed by atoms with Crippen LogP contribution >= 0.6 is 11.6 Å². The largest absolute Gasteiger partial charge is 0.389 e. The summed E-state index contributed by atoms with van der Waals surface area (Å²) >= 11 is 6.15. The Labute approximate surface area is 130 Å². The van der Waals surface area contributed by atoms with E-state index >= 15 is 0 Å². The molecule has 0 radical (unpaired) electrons. The standard InChI is InChI=1S/C16H21ClN2O2/c1-16(2,3)21-10-11(20)9-19-14-7-6-13(17)12-5-4-8-18-15(12)14/h4-8,11,19-20H,9-10H2,1-3H3. The Hall–Kier alpha value is -1.36. The van der Waals surface area contributed by atoms with Crippen LogP contribution in [-0.2, 0) is 4.74 Å². The number of pyridine rings is 1. The molecule has 0 saturated carbocycles. The van der Waals surface area contributed by atoms with Gasteiger partial charge in [-0.15, -0.1) is 0 Å². The van der Waals surface area contributed by atoms with Crippen molar-refractivity contribution >= 4 is 28.2 Å². The highest BCUT2D eigenvalue weighted by molar-refractivity contribution is 6.35. The smallest absolute Gasteiger partial charge is 0.0948 e. The first kappa shape index (κ1) is 16.0. The summed E-state index contributed by atoms with van der Waals surface area (Å²) in [4.78, 5) is 4.35. The Balaban J connectivity index is 2.02. The van der Waals surface area contributed by atoms with E-state index in [1.54, 1.807) is 6.20 Å². The summed E-state index contributed by atoms with van der Waals surface area (Å²) in [5.74, 6) is 0. The lowest BCUT2D eigenvalue weighted by Gasteiger charge is -2.22. The zero-order chi connectivity index (χ0) is 15.5. The molecule has 0 aliphatic rings. The normalized spacial score (nSPS) is 13.4. The predicted molar refractivity (Wildman–Crippen MR) is 87.0 cm³/mol. The highest BCUT2D eigenvalue weighted by atomic mass is 35.5. The third kappa shape index (κ3) is 4.56. The molecule has 2 N–H and O–H groups in total. The maximum absolute atomic E-state index is 9.97. The maximum Gasteiger partial charge on any atom is 0.0948 e. The number of hydrogen-bond acceptors (Lipinski definition) is 4. The van der Waals surface area contributed by atoms with Crippen LogP contribution in [-0.4, -0.2) is 34.9 Å². The Bertz CT molecular complexity index is 611. The second-order valence-electron chi connectivity index (χ2n) is 5.95. The van der Waals surface area contributed by atoms with E-state index in [0.717, 1.165) is 16.6 Å². The molecule has 5 heteroatoms. The molecule has 2 aromatic rings. The van der Waals surface area contributed by atoms with Gasteiger partial charge in [0, 0.05) is 18.1 Å². The second kappa shape index (κ2) is 6.60. The van der Waals surface area contributed by atoms with Gasteiger partial charge in [-0.25, -0.2) is 0 Å².